The Morgan fingerprint density at radius 1 is 1.20 bits per heavy atom. The predicted octanol–water partition coefficient (Wildman–Crippen LogP) is 1.86. The number of imidazole rings is 1. The van der Waals surface area contributed by atoms with Gasteiger partial charge in [-0.2, -0.15) is 0 Å². The topological polar surface area (TPSA) is 54.8 Å². The van der Waals surface area contributed by atoms with E-state index in [2.05, 4.69) is 9.98 Å². The molecule has 2 aromatic rings. The van der Waals surface area contributed by atoms with E-state index in [4.69, 9.17) is 0 Å². The van der Waals surface area contributed by atoms with Crippen LogP contribution in [0, 0.1) is 0 Å². The zero-order valence-corrected chi connectivity index (χ0v) is 11.7. The molecule has 2 heterocycles. The second-order valence-corrected chi connectivity index (χ2v) is 4.73. The maximum Gasteiger partial charge on any atom is 0.218 e. The summed E-state index contributed by atoms with van der Waals surface area (Å²) in [7, 11) is 5.38. The van der Waals surface area contributed by atoms with Crippen molar-refractivity contribution in [3.63, 3.8) is 0 Å². The molecule has 3 rings (SSSR count). The lowest BCUT2D eigenvalue weighted by Crippen LogP contribution is -2.22. The van der Waals surface area contributed by atoms with Crippen LogP contribution in [0.15, 0.2) is 34.3 Å². The van der Waals surface area contributed by atoms with E-state index in [9.17, 15) is 5.11 Å². The van der Waals surface area contributed by atoms with Crippen molar-refractivity contribution in [3.05, 3.63) is 41.1 Å². The van der Waals surface area contributed by atoms with Gasteiger partial charge in [-0.25, -0.2) is 0 Å². The van der Waals surface area contributed by atoms with Gasteiger partial charge >= 0.3 is 0 Å². The molecule has 5 nitrogen and oxygen atoms in total. The van der Waals surface area contributed by atoms with E-state index in [1.54, 1.807) is 18.7 Å². The highest BCUT2D eigenvalue weighted by Gasteiger charge is 2.15. The van der Waals surface area contributed by atoms with E-state index in [0.717, 1.165) is 16.8 Å². The van der Waals surface area contributed by atoms with Gasteiger partial charge in [0.25, 0.3) is 0 Å². The van der Waals surface area contributed by atoms with Crippen LogP contribution in [0.1, 0.15) is 11.3 Å². The third-order valence-electron chi connectivity index (χ3n) is 3.56. The first-order chi connectivity index (χ1) is 9.63. The van der Waals surface area contributed by atoms with Crippen LogP contribution in [0.5, 0.6) is 5.88 Å². The van der Waals surface area contributed by atoms with Gasteiger partial charge in [0, 0.05) is 38.5 Å². The second-order valence-electron chi connectivity index (χ2n) is 4.73. The highest BCUT2D eigenvalue weighted by Crippen LogP contribution is 2.33. The van der Waals surface area contributed by atoms with E-state index < -0.39 is 0 Å². The van der Waals surface area contributed by atoms with Crippen LogP contribution in [0.4, 0.5) is 5.69 Å². The summed E-state index contributed by atoms with van der Waals surface area (Å²) in [4.78, 5) is 8.54. The molecule has 0 fully saturated rings. The zero-order chi connectivity index (χ0) is 14.3. The smallest absolute Gasteiger partial charge is 0.218 e. The van der Waals surface area contributed by atoms with Gasteiger partial charge in [-0.15, -0.1) is 0 Å². The Bertz CT molecular complexity index is 806. The number of fused-ring (bicyclic) bond motifs is 1. The number of benzene rings is 1. The van der Waals surface area contributed by atoms with Crippen LogP contribution in [0.2, 0.25) is 0 Å². The Labute approximate surface area is 116 Å². The minimum Gasteiger partial charge on any atom is -0.493 e. The van der Waals surface area contributed by atoms with Crippen LogP contribution >= 0.6 is 0 Å². The molecule has 0 amide bonds. The Kier molecular flexibility index (Phi) is 2.82. The summed E-state index contributed by atoms with van der Waals surface area (Å²) in [6.45, 7) is 0. The van der Waals surface area contributed by atoms with Gasteiger partial charge in [0.15, 0.2) is 0 Å². The number of aromatic nitrogens is 2. The fraction of sp³-hybridized carbons (Fsp3) is 0.200. The Morgan fingerprint density at radius 2 is 1.95 bits per heavy atom. The molecule has 0 unspecified atom stereocenters. The molecule has 1 aromatic carbocycles. The van der Waals surface area contributed by atoms with Crippen molar-refractivity contribution in [1.29, 1.82) is 0 Å². The first-order valence-corrected chi connectivity index (χ1v) is 6.36. The van der Waals surface area contributed by atoms with Crippen molar-refractivity contribution in [2.75, 3.05) is 7.05 Å². The van der Waals surface area contributed by atoms with Crippen molar-refractivity contribution >= 4 is 23.6 Å². The maximum absolute atomic E-state index is 10.2. The number of allylic oxidation sites excluding steroid dienone is 1. The third-order valence-corrected chi connectivity index (χ3v) is 3.56. The van der Waals surface area contributed by atoms with E-state index in [1.807, 2.05) is 48.2 Å². The number of aliphatic imine (C=N–C) groups is 1. The summed E-state index contributed by atoms with van der Waals surface area (Å²) in [6.07, 6.45) is 3.75. The Morgan fingerprint density at radius 3 is 2.65 bits per heavy atom. The summed E-state index contributed by atoms with van der Waals surface area (Å²) in [5.41, 5.74) is 4.44. The number of rotatable bonds is 1. The molecular weight excluding hydrogens is 252 g/mol. The van der Waals surface area contributed by atoms with Crippen LogP contribution in [-0.4, -0.2) is 27.5 Å². The Hall–Kier alpha value is -2.56. The SMILES string of the molecule is CN=c1n(C)c(O)c(/C=C2\C=Nc3ccccc32)n1C. The van der Waals surface area contributed by atoms with Crippen molar-refractivity contribution in [3.8, 4) is 5.88 Å². The molecule has 0 saturated carbocycles. The maximum atomic E-state index is 10.2. The van der Waals surface area contributed by atoms with E-state index in [-0.39, 0.29) is 5.88 Å². The number of para-hydroxylation sites is 1. The second kappa shape index (κ2) is 4.52. The van der Waals surface area contributed by atoms with E-state index in [0.29, 0.717) is 11.3 Å². The van der Waals surface area contributed by atoms with Crippen molar-refractivity contribution in [1.82, 2.24) is 9.13 Å². The third kappa shape index (κ3) is 1.71. The summed E-state index contributed by atoms with van der Waals surface area (Å²) in [5.74, 6) is 0.193. The van der Waals surface area contributed by atoms with Crippen LogP contribution in [-0.2, 0) is 14.1 Å². The van der Waals surface area contributed by atoms with Crippen molar-refractivity contribution < 1.29 is 5.11 Å². The summed E-state index contributed by atoms with van der Waals surface area (Å²) in [6, 6.07) is 7.95. The first kappa shape index (κ1) is 12.5. The minimum absolute atomic E-state index is 0.193. The number of hydrogen-bond donors (Lipinski definition) is 1. The van der Waals surface area contributed by atoms with Gasteiger partial charge in [0.05, 0.1) is 5.69 Å². The molecule has 0 radical (unpaired) electrons. The molecule has 0 atom stereocenters. The molecule has 20 heavy (non-hydrogen) atoms. The summed E-state index contributed by atoms with van der Waals surface area (Å²) >= 11 is 0. The monoisotopic (exact) mass is 268 g/mol. The fourth-order valence-corrected chi connectivity index (χ4v) is 2.51. The average Bonchev–Trinajstić information content (AvgIpc) is 2.95. The predicted molar refractivity (Wildman–Crippen MR) is 80.0 cm³/mol. The molecule has 1 aliphatic rings. The lowest BCUT2D eigenvalue weighted by molar-refractivity contribution is 0.427. The molecule has 1 aliphatic heterocycles. The molecule has 1 N–H and O–H groups in total. The molecule has 0 spiro atoms. The summed E-state index contributed by atoms with van der Waals surface area (Å²) in [5, 5.41) is 10.2. The first-order valence-electron chi connectivity index (χ1n) is 6.36. The molecule has 0 bridgehead atoms. The molecule has 102 valence electrons. The molecule has 5 heteroatoms. The lowest BCUT2D eigenvalue weighted by atomic mass is 10.1. The number of aromatic hydroxyl groups is 1. The van der Waals surface area contributed by atoms with Gasteiger partial charge in [-0.1, -0.05) is 18.2 Å². The molecule has 1 aromatic heterocycles. The largest absolute Gasteiger partial charge is 0.493 e. The number of hydrogen-bond acceptors (Lipinski definition) is 3. The van der Waals surface area contributed by atoms with Gasteiger partial charge in [-0.05, 0) is 12.1 Å². The van der Waals surface area contributed by atoms with Crippen LogP contribution in [0.25, 0.3) is 11.6 Å². The van der Waals surface area contributed by atoms with Crippen LogP contribution < -0.4 is 5.62 Å². The van der Waals surface area contributed by atoms with E-state index >= 15 is 0 Å². The zero-order valence-electron chi connectivity index (χ0n) is 11.7. The lowest BCUT2D eigenvalue weighted by Gasteiger charge is -2.00. The standard InChI is InChI=1S/C15H16N4O/c1-16-15-18(2)13(14(20)19(15)3)8-10-9-17-12-7-5-4-6-11(10)12/h4-9,20H,1-3H3/b10-8+,16-15?. The van der Waals surface area contributed by atoms with Gasteiger partial charge < -0.3 is 9.67 Å². The Balaban J connectivity index is 2.19. The van der Waals surface area contributed by atoms with Crippen molar-refractivity contribution in [2.24, 2.45) is 24.1 Å². The fourth-order valence-electron chi connectivity index (χ4n) is 2.51. The van der Waals surface area contributed by atoms with Gasteiger partial charge in [0.1, 0.15) is 5.69 Å². The normalized spacial score (nSPS) is 16.1. The molecular formula is C15H16N4O. The van der Waals surface area contributed by atoms with Gasteiger partial charge in [0.2, 0.25) is 11.5 Å². The quantitative estimate of drug-likeness (QED) is 0.843. The van der Waals surface area contributed by atoms with E-state index in [1.165, 1.54) is 0 Å². The highest BCUT2D eigenvalue weighted by molar-refractivity contribution is 6.21. The average molecular weight is 268 g/mol. The van der Waals surface area contributed by atoms with Crippen molar-refractivity contribution in [2.45, 2.75) is 0 Å². The molecule has 0 saturated heterocycles. The summed E-state index contributed by atoms with van der Waals surface area (Å²) < 4.78 is 3.52. The minimum atomic E-state index is 0.193. The highest BCUT2D eigenvalue weighted by atomic mass is 16.3. The molecule has 0 aliphatic carbocycles. The van der Waals surface area contributed by atoms with Crippen LogP contribution in [0.3, 0.4) is 0 Å². The van der Waals surface area contributed by atoms with Gasteiger partial charge in [-0.3, -0.25) is 14.6 Å². The number of nitrogens with zero attached hydrogens (tertiary/aromatic N) is 4.